The van der Waals surface area contributed by atoms with Crippen LogP contribution in [0.3, 0.4) is 0 Å². The van der Waals surface area contributed by atoms with Crippen molar-refractivity contribution in [1.29, 1.82) is 0 Å². The Kier molecular flexibility index (Phi) is 3.75. The summed E-state index contributed by atoms with van der Waals surface area (Å²) >= 11 is 0. The van der Waals surface area contributed by atoms with E-state index in [2.05, 4.69) is 15.4 Å². The molecule has 0 bridgehead atoms. The third-order valence-electron chi connectivity index (χ3n) is 4.96. The summed E-state index contributed by atoms with van der Waals surface area (Å²) in [4.78, 5) is 16.1. The number of carbonyl (C=O) groups is 1. The lowest BCUT2D eigenvalue weighted by Gasteiger charge is -2.13. The van der Waals surface area contributed by atoms with Crippen molar-refractivity contribution >= 4 is 16.8 Å². The fourth-order valence-electron chi connectivity index (χ4n) is 3.70. The van der Waals surface area contributed by atoms with Crippen LogP contribution in [-0.4, -0.2) is 25.8 Å². The second kappa shape index (κ2) is 5.95. The van der Waals surface area contributed by atoms with E-state index in [1.54, 1.807) is 7.05 Å². The standard InChI is InChI=1S/C19H22N4O2/c1-11(18-17(24)10-23(2)22-18)20-19(25)12-7-8-16-14(9-12)13-5-3-4-6-15(13)21-16/h7-11,21,24H,3-6H2,1-2H3,(H,20,25). The van der Waals surface area contributed by atoms with Crippen LogP contribution in [0, 0.1) is 0 Å². The summed E-state index contributed by atoms with van der Waals surface area (Å²) in [6.07, 6.45) is 6.10. The minimum atomic E-state index is -0.371. The van der Waals surface area contributed by atoms with Crippen LogP contribution >= 0.6 is 0 Å². The van der Waals surface area contributed by atoms with Crippen molar-refractivity contribution in [1.82, 2.24) is 20.1 Å². The van der Waals surface area contributed by atoms with Gasteiger partial charge in [0.25, 0.3) is 5.91 Å². The first-order valence-corrected chi connectivity index (χ1v) is 8.70. The van der Waals surface area contributed by atoms with Crippen LogP contribution in [-0.2, 0) is 19.9 Å². The van der Waals surface area contributed by atoms with Gasteiger partial charge >= 0.3 is 0 Å². The van der Waals surface area contributed by atoms with Crippen molar-refractivity contribution in [3.63, 3.8) is 0 Å². The number of benzene rings is 1. The number of nitrogens with one attached hydrogen (secondary N) is 2. The number of aromatic hydroxyl groups is 1. The summed E-state index contributed by atoms with van der Waals surface area (Å²) in [6.45, 7) is 1.82. The molecule has 1 atom stereocenters. The summed E-state index contributed by atoms with van der Waals surface area (Å²) < 4.78 is 1.53. The summed E-state index contributed by atoms with van der Waals surface area (Å²) in [7, 11) is 1.74. The molecule has 3 N–H and O–H groups in total. The summed E-state index contributed by atoms with van der Waals surface area (Å²) in [5.41, 5.74) is 4.86. The molecule has 1 aliphatic rings. The predicted molar refractivity (Wildman–Crippen MR) is 95.7 cm³/mol. The zero-order valence-corrected chi connectivity index (χ0v) is 14.5. The summed E-state index contributed by atoms with van der Waals surface area (Å²) in [5, 5.41) is 18.2. The van der Waals surface area contributed by atoms with Gasteiger partial charge in [-0.3, -0.25) is 9.48 Å². The molecule has 0 fully saturated rings. The van der Waals surface area contributed by atoms with Gasteiger partial charge in [-0.1, -0.05) is 0 Å². The number of H-pyrrole nitrogens is 1. The van der Waals surface area contributed by atoms with Gasteiger partial charge in [-0.15, -0.1) is 0 Å². The second-order valence-electron chi connectivity index (χ2n) is 6.82. The first kappa shape index (κ1) is 15.7. The van der Waals surface area contributed by atoms with E-state index in [-0.39, 0.29) is 17.7 Å². The van der Waals surface area contributed by atoms with E-state index < -0.39 is 0 Å². The number of aromatic amines is 1. The Morgan fingerprint density at radius 2 is 2.16 bits per heavy atom. The van der Waals surface area contributed by atoms with Crippen LogP contribution in [0.2, 0.25) is 0 Å². The van der Waals surface area contributed by atoms with Gasteiger partial charge in [0.1, 0.15) is 5.69 Å². The topological polar surface area (TPSA) is 82.9 Å². The normalized spacial score (nSPS) is 15.1. The molecule has 1 aromatic carbocycles. The molecule has 2 heterocycles. The third-order valence-corrected chi connectivity index (χ3v) is 4.96. The average molecular weight is 338 g/mol. The maximum absolute atomic E-state index is 12.6. The van der Waals surface area contributed by atoms with Crippen molar-refractivity contribution < 1.29 is 9.90 Å². The van der Waals surface area contributed by atoms with Gasteiger partial charge in [0.05, 0.1) is 12.2 Å². The van der Waals surface area contributed by atoms with E-state index >= 15 is 0 Å². The molecule has 3 aromatic rings. The zero-order valence-electron chi connectivity index (χ0n) is 14.5. The molecule has 2 aromatic heterocycles. The smallest absolute Gasteiger partial charge is 0.251 e. The lowest BCUT2D eigenvalue weighted by atomic mass is 9.95. The SMILES string of the molecule is CC(NC(=O)c1ccc2[nH]c3c(c2c1)CCCC3)c1nn(C)cc1O. The van der Waals surface area contributed by atoms with E-state index in [0.717, 1.165) is 23.7 Å². The number of nitrogens with zero attached hydrogens (tertiary/aromatic N) is 2. The minimum Gasteiger partial charge on any atom is -0.504 e. The Bertz CT molecular complexity index is 954. The molecule has 1 unspecified atom stereocenters. The van der Waals surface area contributed by atoms with Gasteiger partial charge in [0.15, 0.2) is 5.75 Å². The summed E-state index contributed by atoms with van der Waals surface area (Å²) in [6, 6.07) is 5.41. The monoisotopic (exact) mass is 338 g/mol. The fourth-order valence-corrected chi connectivity index (χ4v) is 3.70. The molecule has 0 radical (unpaired) electrons. The van der Waals surface area contributed by atoms with Gasteiger partial charge < -0.3 is 15.4 Å². The molecule has 6 nitrogen and oxygen atoms in total. The maximum atomic E-state index is 12.6. The van der Waals surface area contributed by atoms with Crippen LogP contribution < -0.4 is 5.32 Å². The number of fused-ring (bicyclic) bond motifs is 3. The molecule has 1 aliphatic carbocycles. The van der Waals surface area contributed by atoms with Gasteiger partial charge in [0.2, 0.25) is 0 Å². The van der Waals surface area contributed by atoms with Crippen molar-refractivity contribution in [3.05, 3.63) is 46.9 Å². The van der Waals surface area contributed by atoms with Crippen molar-refractivity contribution in [2.24, 2.45) is 7.05 Å². The van der Waals surface area contributed by atoms with Gasteiger partial charge in [-0.2, -0.15) is 5.10 Å². The van der Waals surface area contributed by atoms with Crippen LogP contribution in [0.5, 0.6) is 5.75 Å². The van der Waals surface area contributed by atoms with Crippen molar-refractivity contribution in [2.45, 2.75) is 38.6 Å². The molecule has 0 aliphatic heterocycles. The quantitative estimate of drug-likeness (QED) is 0.686. The first-order chi connectivity index (χ1) is 12.0. The molecule has 25 heavy (non-hydrogen) atoms. The van der Waals surface area contributed by atoms with Gasteiger partial charge in [0, 0.05) is 29.2 Å². The number of carbonyl (C=O) groups excluding carboxylic acids is 1. The van der Waals surface area contributed by atoms with E-state index in [1.807, 2.05) is 25.1 Å². The predicted octanol–water partition coefficient (Wildman–Crippen LogP) is 2.98. The van der Waals surface area contributed by atoms with Crippen LogP contribution in [0.15, 0.2) is 24.4 Å². The number of aryl methyl sites for hydroxylation is 3. The molecule has 130 valence electrons. The van der Waals surface area contributed by atoms with E-state index in [0.29, 0.717) is 11.3 Å². The van der Waals surface area contributed by atoms with Crippen LogP contribution in [0.4, 0.5) is 0 Å². The van der Waals surface area contributed by atoms with Crippen LogP contribution in [0.25, 0.3) is 10.9 Å². The minimum absolute atomic E-state index is 0.0884. The van der Waals surface area contributed by atoms with Crippen molar-refractivity contribution in [2.75, 3.05) is 0 Å². The highest BCUT2D eigenvalue weighted by molar-refractivity contribution is 5.99. The third kappa shape index (κ3) is 2.77. The molecule has 4 rings (SSSR count). The zero-order chi connectivity index (χ0) is 17.6. The average Bonchev–Trinajstić information content (AvgIpc) is 3.13. The molecule has 1 amide bonds. The van der Waals surface area contributed by atoms with E-state index in [1.165, 1.54) is 35.0 Å². The maximum Gasteiger partial charge on any atom is 0.251 e. The lowest BCUT2D eigenvalue weighted by Crippen LogP contribution is -2.27. The highest BCUT2D eigenvalue weighted by Gasteiger charge is 2.20. The lowest BCUT2D eigenvalue weighted by molar-refractivity contribution is 0.0939. The molecule has 6 heteroatoms. The van der Waals surface area contributed by atoms with E-state index in [9.17, 15) is 9.90 Å². The Balaban J connectivity index is 1.60. The first-order valence-electron chi connectivity index (χ1n) is 8.70. The highest BCUT2D eigenvalue weighted by Crippen LogP contribution is 2.30. The Morgan fingerprint density at radius 1 is 1.36 bits per heavy atom. The number of rotatable bonds is 3. The highest BCUT2D eigenvalue weighted by atomic mass is 16.3. The Labute approximate surface area is 145 Å². The molecule has 0 saturated heterocycles. The molecular formula is C19H22N4O2. The summed E-state index contributed by atoms with van der Waals surface area (Å²) in [5.74, 6) is -0.0735. The molecule has 0 saturated carbocycles. The Morgan fingerprint density at radius 3 is 2.92 bits per heavy atom. The number of hydrogen-bond acceptors (Lipinski definition) is 3. The second-order valence-corrected chi connectivity index (χ2v) is 6.82. The van der Waals surface area contributed by atoms with Crippen LogP contribution in [0.1, 0.15) is 53.1 Å². The number of amides is 1. The molecular weight excluding hydrogens is 316 g/mol. The fraction of sp³-hybridized carbons (Fsp3) is 0.368. The van der Waals surface area contributed by atoms with Crippen molar-refractivity contribution in [3.8, 4) is 5.75 Å². The van der Waals surface area contributed by atoms with E-state index in [4.69, 9.17) is 0 Å². The van der Waals surface area contributed by atoms with Gasteiger partial charge in [-0.05, 0) is 56.4 Å². The molecule has 0 spiro atoms. The largest absolute Gasteiger partial charge is 0.504 e. The Hall–Kier alpha value is -2.76. The number of aromatic nitrogens is 3. The number of hydrogen-bond donors (Lipinski definition) is 3. The van der Waals surface area contributed by atoms with Gasteiger partial charge in [-0.25, -0.2) is 0 Å².